The van der Waals surface area contributed by atoms with Crippen LogP contribution in [0.5, 0.6) is 0 Å². The average Bonchev–Trinajstić information content (AvgIpc) is 2.72. The molecule has 0 saturated carbocycles. The second-order valence-corrected chi connectivity index (χ2v) is 10.8. The van der Waals surface area contributed by atoms with E-state index in [1.54, 1.807) is 47.6 Å². The Morgan fingerprint density at radius 3 is 1.26 bits per heavy atom. The molecule has 34 heavy (non-hydrogen) atoms. The van der Waals surface area contributed by atoms with Crippen molar-refractivity contribution in [1.82, 2.24) is 9.44 Å². The van der Waals surface area contributed by atoms with Gasteiger partial charge in [0.05, 0.1) is 9.79 Å². The third kappa shape index (κ3) is 8.19. The van der Waals surface area contributed by atoms with Crippen LogP contribution in [0.3, 0.4) is 0 Å². The minimum atomic E-state index is -4.09. The molecule has 2 rings (SSSR count). The Morgan fingerprint density at radius 1 is 0.676 bits per heavy atom. The van der Waals surface area contributed by atoms with Crippen LogP contribution in [0, 0.1) is 13.8 Å². The van der Waals surface area contributed by atoms with Crippen molar-refractivity contribution >= 4 is 32.2 Å². The molecule has 0 aliphatic heterocycles. The smallest absolute Gasteiger partial charge is 0.421 e. The summed E-state index contributed by atoms with van der Waals surface area (Å²) in [6.45, 7) is 6.51. The van der Waals surface area contributed by atoms with Crippen LogP contribution in [-0.2, 0) is 29.5 Å². The van der Waals surface area contributed by atoms with Gasteiger partial charge in [0.25, 0.3) is 20.0 Å². The summed E-state index contributed by atoms with van der Waals surface area (Å²) in [6, 6.07) is 11.8. The van der Waals surface area contributed by atoms with Crippen LogP contribution in [0.25, 0.3) is 0 Å². The quantitative estimate of drug-likeness (QED) is 0.515. The number of hydrogen-bond acceptors (Lipinski definition) is 8. The molecular formula is C22H26N2O8S2. The summed E-state index contributed by atoms with van der Waals surface area (Å²) >= 11 is 0. The zero-order valence-corrected chi connectivity index (χ0v) is 20.6. The first-order valence-corrected chi connectivity index (χ1v) is 13.0. The van der Waals surface area contributed by atoms with E-state index in [2.05, 4.69) is 0 Å². The third-order valence-corrected chi connectivity index (χ3v) is 6.99. The van der Waals surface area contributed by atoms with Gasteiger partial charge < -0.3 is 9.47 Å². The maximum absolute atomic E-state index is 12.2. The average molecular weight is 511 g/mol. The molecule has 0 saturated heterocycles. The molecule has 0 unspecified atom stereocenters. The number of amides is 2. The van der Waals surface area contributed by atoms with Crippen LogP contribution in [0.1, 0.15) is 25.0 Å². The molecule has 2 aromatic carbocycles. The van der Waals surface area contributed by atoms with Crippen molar-refractivity contribution in [3.63, 3.8) is 0 Å². The van der Waals surface area contributed by atoms with E-state index in [0.29, 0.717) is 0 Å². The highest BCUT2D eigenvalue weighted by atomic mass is 32.2. The van der Waals surface area contributed by atoms with Gasteiger partial charge >= 0.3 is 12.2 Å². The monoisotopic (exact) mass is 510 g/mol. The highest BCUT2D eigenvalue weighted by molar-refractivity contribution is 7.90. The van der Waals surface area contributed by atoms with E-state index in [-0.39, 0.29) is 9.79 Å². The fourth-order valence-electron chi connectivity index (χ4n) is 2.55. The summed E-state index contributed by atoms with van der Waals surface area (Å²) in [5.74, 6) is 0. The first-order chi connectivity index (χ1) is 15.8. The van der Waals surface area contributed by atoms with Crippen LogP contribution in [0.15, 0.2) is 70.5 Å². The zero-order valence-electron chi connectivity index (χ0n) is 19.0. The molecule has 12 heteroatoms. The van der Waals surface area contributed by atoms with Crippen molar-refractivity contribution in [2.75, 3.05) is 0 Å². The number of nitrogens with one attached hydrogen (secondary N) is 2. The number of carbonyl (C=O) groups is 2. The lowest BCUT2D eigenvalue weighted by Crippen LogP contribution is -2.33. The standard InChI is InChI=1S/C22H26N2O8S2/c1-15-5-11-19(12-6-15)33(27,28)23-21(25)31-17(3)9-10-18(4)32-22(26)24-34(29,30)20-13-7-16(2)8-14-20/h5-14,17-18H,1-4H3,(H,23,25)(H,24,26)/b10-9+/t17-,18-/m0/s1. The Bertz CT molecular complexity index is 1150. The summed E-state index contributed by atoms with van der Waals surface area (Å²) in [7, 11) is -8.19. The van der Waals surface area contributed by atoms with Crippen molar-refractivity contribution in [1.29, 1.82) is 0 Å². The van der Waals surface area contributed by atoms with E-state index in [0.717, 1.165) is 11.1 Å². The van der Waals surface area contributed by atoms with Crippen LogP contribution in [0.2, 0.25) is 0 Å². The van der Waals surface area contributed by atoms with Gasteiger partial charge in [-0.25, -0.2) is 35.9 Å². The van der Waals surface area contributed by atoms with Gasteiger partial charge in [-0.3, -0.25) is 0 Å². The van der Waals surface area contributed by atoms with Gasteiger partial charge in [-0.05, 0) is 64.1 Å². The van der Waals surface area contributed by atoms with Gasteiger partial charge in [0.15, 0.2) is 0 Å². The highest BCUT2D eigenvalue weighted by Crippen LogP contribution is 2.11. The molecule has 0 heterocycles. The number of rotatable bonds is 8. The molecule has 0 fully saturated rings. The fraction of sp³-hybridized carbons (Fsp3) is 0.273. The normalized spacial score (nSPS) is 13.6. The first kappa shape index (κ1) is 26.9. The first-order valence-electron chi connectivity index (χ1n) is 10.1. The summed E-state index contributed by atoms with van der Waals surface area (Å²) < 4.78 is 62.4. The van der Waals surface area contributed by atoms with Crippen molar-refractivity contribution in [3.05, 3.63) is 71.8 Å². The van der Waals surface area contributed by atoms with Crippen molar-refractivity contribution < 1.29 is 35.9 Å². The van der Waals surface area contributed by atoms with Crippen LogP contribution in [0.4, 0.5) is 9.59 Å². The van der Waals surface area contributed by atoms with E-state index < -0.39 is 44.4 Å². The van der Waals surface area contributed by atoms with Gasteiger partial charge in [0.1, 0.15) is 12.2 Å². The van der Waals surface area contributed by atoms with E-state index in [1.807, 2.05) is 0 Å². The van der Waals surface area contributed by atoms with Gasteiger partial charge in [-0.2, -0.15) is 0 Å². The lowest BCUT2D eigenvalue weighted by Gasteiger charge is -2.13. The summed E-state index contributed by atoms with van der Waals surface area (Å²) in [5.41, 5.74) is 1.72. The predicted molar refractivity (Wildman–Crippen MR) is 124 cm³/mol. The minimum absolute atomic E-state index is 0.0909. The number of hydrogen-bond donors (Lipinski definition) is 2. The number of sulfonamides is 2. The topological polar surface area (TPSA) is 145 Å². The molecule has 184 valence electrons. The van der Waals surface area contributed by atoms with Gasteiger partial charge in [0, 0.05) is 0 Å². The number of aryl methyl sites for hydroxylation is 2. The number of benzene rings is 2. The Labute approximate surface area is 199 Å². The summed E-state index contributed by atoms with van der Waals surface area (Å²) in [4.78, 5) is 23.7. The molecule has 0 bridgehead atoms. The Kier molecular flexibility index (Phi) is 8.82. The van der Waals surface area contributed by atoms with E-state index in [4.69, 9.17) is 9.47 Å². The Balaban J connectivity index is 1.86. The second kappa shape index (κ2) is 11.2. The van der Waals surface area contributed by atoms with E-state index >= 15 is 0 Å². The molecule has 2 N–H and O–H groups in total. The lowest BCUT2D eigenvalue weighted by molar-refractivity contribution is 0.125. The SMILES string of the molecule is Cc1ccc(S(=O)(=O)NC(=O)O[C@@H](C)/C=C/[C@H](C)OC(=O)NS(=O)(=O)c2ccc(C)cc2)cc1. The maximum atomic E-state index is 12.2. The number of carbonyl (C=O) groups excluding carboxylic acids is 2. The molecule has 10 nitrogen and oxygen atoms in total. The molecule has 0 aliphatic carbocycles. The van der Waals surface area contributed by atoms with Gasteiger partial charge in [0.2, 0.25) is 0 Å². The maximum Gasteiger partial charge on any atom is 0.421 e. The van der Waals surface area contributed by atoms with Crippen molar-refractivity contribution in [3.8, 4) is 0 Å². The molecule has 0 spiro atoms. The number of ether oxygens (including phenoxy) is 2. The van der Waals surface area contributed by atoms with Crippen LogP contribution < -0.4 is 9.44 Å². The van der Waals surface area contributed by atoms with Crippen LogP contribution >= 0.6 is 0 Å². The minimum Gasteiger partial charge on any atom is -0.442 e. The predicted octanol–water partition coefficient (Wildman–Crippen LogP) is 3.17. The Morgan fingerprint density at radius 2 is 0.971 bits per heavy atom. The fourth-order valence-corrected chi connectivity index (χ4v) is 4.31. The van der Waals surface area contributed by atoms with Crippen LogP contribution in [-0.4, -0.2) is 41.2 Å². The molecular weight excluding hydrogens is 484 g/mol. The van der Waals surface area contributed by atoms with Crippen molar-refractivity contribution in [2.24, 2.45) is 0 Å². The van der Waals surface area contributed by atoms with Gasteiger partial charge in [-0.1, -0.05) is 35.4 Å². The van der Waals surface area contributed by atoms with Crippen molar-refractivity contribution in [2.45, 2.75) is 49.7 Å². The third-order valence-electron chi connectivity index (χ3n) is 4.34. The molecule has 0 radical (unpaired) electrons. The molecule has 2 aromatic rings. The van der Waals surface area contributed by atoms with E-state index in [9.17, 15) is 26.4 Å². The Hall–Kier alpha value is -3.38. The molecule has 2 atom stereocenters. The summed E-state index contributed by atoms with van der Waals surface area (Å²) in [5, 5.41) is 0. The second-order valence-electron chi connectivity index (χ2n) is 7.44. The molecule has 2 amide bonds. The zero-order chi connectivity index (χ0) is 25.5. The highest BCUT2D eigenvalue weighted by Gasteiger charge is 2.21. The molecule has 0 aromatic heterocycles. The summed E-state index contributed by atoms with van der Waals surface area (Å²) in [6.07, 6.45) is -1.42. The van der Waals surface area contributed by atoms with E-state index in [1.165, 1.54) is 50.3 Å². The van der Waals surface area contributed by atoms with Gasteiger partial charge in [-0.15, -0.1) is 0 Å². The largest absolute Gasteiger partial charge is 0.442 e. The molecule has 0 aliphatic rings. The lowest BCUT2D eigenvalue weighted by atomic mass is 10.2.